The van der Waals surface area contributed by atoms with Crippen LogP contribution in [0.15, 0.2) is 35.7 Å². The predicted molar refractivity (Wildman–Crippen MR) is 61.8 cm³/mol. The maximum Gasteiger partial charge on any atom is 0.446 e. The Hall–Kier alpha value is -1.14. The highest BCUT2D eigenvalue weighted by molar-refractivity contribution is 8.00. The SMILES string of the molecule is C=CC[C@@H](N)c1cc(SC(F)(F)F)ccc1O. The van der Waals surface area contributed by atoms with E-state index in [9.17, 15) is 18.3 Å². The van der Waals surface area contributed by atoms with Crippen LogP contribution in [0.2, 0.25) is 0 Å². The lowest BCUT2D eigenvalue weighted by Gasteiger charge is -2.13. The molecule has 0 aliphatic heterocycles. The molecular formula is C11H12F3NOS. The molecule has 2 nitrogen and oxygen atoms in total. The van der Waals surface area contributed by atoms with Crippen LogP contribution in [0.25, 0.3) is 0 Å². The Morgan fingerprint density at radius 3 is 2.65 bits per heavy atom. The van der Waals surface area contributed by atoms with Crippen molar-refractivity contribution in [2.75, 3.05) is 0 Å². The van der Waals surface area contributed by atoms with Crippen LogP contribution >= 0.6 is 11.8 Å². The minimum absolute atomic E-state index is 0.00446. The van der Waals surface area contributed by atoms with Gasteiger partial charge in [0.25, 0.3) is 0 Å². The molecule has 0 aliphatic rings. The van der Waals surface area contributed by atoms with Gasteiger partial charge in [-0.3, -0.25) is 0 Å². The van der Waals surface area contributed by atoms with Crippen molar-refractivity contribution in [3.8, 4) is 5.75 Å². The van der Waals surface area contributed by atoms with Crippen LogP contribution in [0.4, 0.5) is 13.2 Å². The van der Waals surface area contributed by atoms with Gasteiger partial charge in [-0.25, -0.2) is 0 Å². The molecule has 0 aromatic heterocycles. The largest absolute Gasteiger partial charge is 0.508 e. The third kappa shape index (κ3) is 4.32. The van der Waals surface area contributed by atoms with E-state index in [-0.39, 0.29) is 22.4 Å². The zero-order valence-corrected chi connectivity index (χ0v) is 9.68. The second-order valence-corrected chi connectivity index (χ2v) is 4.54. The van der Waals surface area contributed by atoms with E-state index < -0.39 is 11.6 Å². The van der Waals surface area contributed by atoms with Crippen molar-refractivity contribution in [3.05, 3.63) is 36.4 Å². The first kappa shape index (κ1) is 13.9. The van der Waals surface area contributed by atoms with Crippen molar-refractivity contribution in [3.63, 3.8) is 0 Å². The first-order chi connectivity index (χ1) is 7.83. The average Bonchev–Trinajstić information content (AvgIpc) is 2.19. The zero-order valence-electron chi connectivity index (χ0n) is 8.87. The summed E-state index contributed by atoms with van der Waals surface area (Å²) in [5.41, 5.74) is 1.66. The van der Waals surface area contributed by atoms with Crippen molar-refractivity contribution in [2.24, 2.45) is 5.73 Å². The Kier molecular flexibility index (Phi) is 4.47. The number of aromatic hydroxyl groups is 1. The maximum absolute atomic E-state index is 12.2. The summed E-state index contributed by atoms with van der Waals surface area (Å²) in [7, 11) is 0. The van der Waals surface area contributed by atoms with Gasteiger partial charge in [0.05, 0.1) is 0 Å². The molecule has 1 rings (SSSR count). The van der Waals surface area contributed by atoms with Gasteiger partial charge in [0, 0.05) is 16.5 Å². The molecule has 0 spiro atoms. The predicted octanol–water partition coefficient (Wildman–Crippen LogP) is 3.58. The van der Waals surface area contributed by atoms with Gasteiger partial charge in [-0.1, -0.05) is 6.08 Å². The molecule has 1 aromatic rings. The number of alkyl halides is 3. The number of nitrogens with two attached hydrogens (primary N) is 1. The van der Waals surface area contributed by atoms with Crippen LogP contribution in [0.3, 0.4) is 0 Å². The van der Waals surface area contributed by atoms with Crippen molar-refractivity contribution < 1.29 is 18.3 Å². The van der Waals surface area contributed by atoms with Gasteiger partial charge in [-0.15, -0.1) is 6.58 Å². The van der Waals surface area contributed by atoms with Crippen molar-refractivity contribution in [2.45, 2.75) is 22.9 Å². The van der Waals surface area contributed by atoms with E-state index in [1.165, 1.54) is 18.2 Å². The highest BCUT2D eigenvalue weighted by Gasteiger charge is 2.29. The van der Waals surface area contributed by atoms with Gasteiger partial charge >= 0.3 is 5.51 Å². The molecule has 0 fully saturated rings. The molecule has 0 saturated carbocycles. The Morgan fingerprint density at radius 2 is 2.12 bits per heavy atom. The molecule has 0 amide bonds. The van der Waals surface area contributed by atoms with Crippen LogP contribution in [0, 0.1) is 0 Å². The van der Waals surface area contributed by atoms with Gasteiger partial charge in [-0.2, -0.15) is 13.2 Å². The van der Waals surface area contributed by atoms with Gasteiger partial charge in [0.15, 0.2) is 0 Å². The van der Waals surface area contributed by atoms with E-state index in [1.807, 2.05) is 0 Å². The Morgan fingerprint density at radius 1 is 1.47 bits per heavy atom. The Bertz CT molecular complexity index is 406. The fraction of sp³-hybridized carbons (Fsp3) is 0.273. The summed E-state index contributed by atoms with van der Waals surface area (Å²) >= 11 is -0.233. The second-order valence-electron chi connectivity index (χ2n) is 3.40. The molecule has 3 N–H and O–H groups in total. The first-order valence-corrected chi connectivity index (χ1v) is 5.60. The molecule has 1 aromatic carbocycles. The fourth-order valence-electron chi connectivity index (χ4n) is 1.33. The van der Waals surface area contributed by atoms with Gasteiger partial charge in [0.2, 0.25) is 0 Å². The van der Waals surface area contributed by atoms with Gasteiger partial charge in [0.1, 0.15) is 5.75 Å². The summed E-state index contributed by atoms with van der Waals surface area (Å²) in [6.45, 7) is 3.49. The molecule has 6 heteroatoms. The van der Waals surface area contributed by atoms with E-state index in [4.69, 9.17) is 5.73 Å². The second kappa shape index (κ2) is 5.46. The van der Waals surface area contributed by atoms with Crippen LogP contribution in [-0.2, 0) is 0 Å². The summed E-state index contributed by atoms with van der Waals surface area (Å²) in [6, 6.07) is 3.12. The quantitative estimate of drug-likeness (QED) is 0.644. The number of thioether (sulfide) groups is 1. The molecule has 0 heterocycles. The number of benzene rings is 1. The van der Waals surface area contributed by atoms with Crippen LogP contribution in [-0.4, -0.2) is 10.6 Å². The van der Waals surface area contributed by atoms with E-state index in [1.54, 1.807) is 6.08 Å². The van der Waals surface area contributed by atoms with Crippen molar-refractivity contribution in [1.29, 1.82) is 0 Å². The molecule has 0 radical (unpaired) electrons. The summed E-state index contributed by atoms with van der Waals surface area (Å²) < 4.78 is 36.5. The van der Waals surface area contributed by atoms with Crippen LogP contribution in [0.5, 0.6) is 5.75 Å². The number of hydrogen-bond acceptors (Lipinski definition) is 3. The number of hydrogen-bond donors (Lipinski definition) is 2. The monoisotopic (exact) mass is 263 g/mol. The number of halogens is 3. The zero-order chi connectivity index (χ0) is 13.1. The minimum Gasteiger partial charge on any atom is -0.508 e. The molecule has 17 heavy (non-hydrogen) atoms. The summed E-state index contributed by atoms with van der Waals surface area (Å²) in [5, 5.41) is 9.53. The topological polar surface area (TPSA) is 46.2 Å². The van der Waals surface area contributed by atoms with Crippen LogP contribution < -0.4 is 5.73 Å². The molecule has 0 bridgehead atoms. The standard InChI is InChI=1S/C11H12F3NOS/c1-2-3-9(15)8-6-7(4-5-10(8)16)17-11(12,13)14/h2,4-6,9,16H,1,3,15H2/t9-/m1/s1. The highest BCUT2D eigenvalue weighted by Crippen LogP contribution is 2.39. The lowest BCUT2D eigenvalue weighted by atomic mass is 10.0. The Balaban J connectivity index is 2.97. The van der Waals surface area contributed by atoms with E-state index in [0.29, 0.717) is 12.0 Å². The third-order valence-corrected chi connectivity index (χ3v) is 2.77. The maximum atomic E-state index is 12.2. The summed E-state index contributed by atoms with van der Waals surface area (Å²) in [6.07, 6.45) is 1.93. The van der Waals surface area contributed by atoms with E-state index in [0.717, 1.165) is 0 Å². The van der Waals surface area contributed by atoms with Crippen molar-refractivity contribution in [1.82, 2.24) is 0 Å². The molecule has 0 aliphatic carbocycles. The highest BCUT2D eigenvalue weighted by atomic mass is 32.2. The first-order valence-electron chi connectivity index (χ1n) is 4.78. The lowest BCUT2D eigenvalue weighted by Crippen LogP contribution is -2.09. The molecule has 94 valence electrons. The Labute approximate surface area is 101 Å². The van der Waals surface area contributed by atoms with Gasteiger partial charge < -0.3 is 10.8 Å². The average molecular weight is 263 g/mol. The summed E-state index contributed by atoms with van der Waals surface area (Å²) in [4.78, 5) is 0.00446. The van der Waals surface area contributed by atoms with Crippen LogP contribution in [0.1, 0.15) is 18.0 Å². The summed E-state index contributed by atoms with van der Waals surface area (Å²) in [5.74, 6) is -0.106. The number of phenolic OH excluding ortho intramolecular Hbond substituents is 1. The van der Waals surface area contributed by atoms with E-state index in [2.05, 4.69) is 6.58 Å². The minimum atomic E-state index is -4.35. The normalized spacial score (nSPS) is 13.4. The van der Waals surface area contributed by atoms with Crippen molar-refractivity contribution >= 4 is 11.8 Å². The smallest absolute Gasteiger partial charge is 0.446 e. The molecule has 0 saturated heterocycles. The molecule has 1 atom stereocenters. The van der Waals surface area contributed by atoms with E-state index >= 15 is 0 Å². The fourth-order valence-corrected chi connectivity index (χ4v) is 1.92. The number of rotatable bonds is 4. The molecular weight excluding hydrogens is 251 g/mol. The number of phenols is 1. The third-order valence-electron chi connectivity index (χ3n) is 2.05. The molecule has 0 unspecified atom stereocenters. The van der Waals surface area contributed by atoms with Gasteiger partial charge in [-0.05, 0) is 36.4 Å². The lowest BCUT2D eigenvalue weighted by molar-refractivity contribution is -0.0328.